The highest BCUT2D eigenvalue weighted by Gasteiger charge is 2.37. The summed E-state index contributed by atoms with van der Waals surface area (Å²) in [5.41, 5.74) is 6.05. The number of amides is 1. The van der Waals surface area contributed by atoms with Gasteiger partial charge < -0.3 is 11.1 Å². The molecule has 0 fully saturated rings. The van der Waals surface area contributed by atoms with Gasteiger partial charge in [-0.25, -0.2) is 8.42 Å². The highest BCUT2D eigenvalue weighted by Crippen LogP contribution is 2.34. The number of carbonyl (C=O) groups excluding carboxylic acids is 1. The summed E-state index contributed by atoms with van der Waals surface area (Å²) in [4.78, 5) is 11.5. The summed E-state index contributed by atoms with van der Waals surface area (Å²) in [5, 5.41) is 1.43. The van der Waals surface area contributed by atoms with Crippen molar-refractivity contribution in [1.29, 1.82) is 0 Å². The van der Waals surface area contributed by atoms with Crippen LogP contribution in [-0.4, -0.2) is 19.6 Å². The Bertz CT molecular complexity index is 536. The molecular weight excluding hydrogens is 216 g/mol. The van der Waals surface area contributed by atoms with Gasteiger partial charge in [0.1, 0.15) is 5.25 Å². The maximum atomic E-state index is 11.9. The molecule has 1 aliphatic heterocycles. The molecule has 3 N–H and O–H groups in total. The summed E-state index contributed by atoms with van der Waals surface area (Å²) in [7, 11) is -3.58. The molecule has 1 aliphatic rings. The molecular formula is C9H10N2O3S. The SMILES string of the molecule is CC1C(=O)Nc2c(N)cccc2S1(=O)=O. The molecule has 1 amide bonds. The summed E-state index contributed by atoms with van der Waals surface area (Å²) in [6.45, 7) is 1.36. The standard InChI is InChI=1S/C9H10N2O3S/c1-5-9(12)11-8-6(10)3-2-4-7(8)15(5,13)14/h2-5H,10H2,1H3,(H,11,12). The number of fused-ring (bicyclic) bond motifs is 1. The Morgan fingerprint density at radius 3 is 2.73 bits per heavy atom. The first kappa shape index (κ1) is 9.97. The lowest BCUT2D eigenvalue weighted by molar-refractivity contribution is -0.115. The Balaban J connectivity index is 2.78. The maximum Gasteiger partial charge on any atom is 0.242 e. The second kappa shape index (κ2) is 2.96. The zero-order valence-corrected chi connectivity index (χ0v) is 8.84. The van der Waals surface area contributed by atoms with Crippen LogP contribution in [-0.2, 0) is 14.6 Å². The lowest BCUT2D eigenvalue weighted by Crippen LogP contribution is -2.37. The van der Waals surface area contributed by atoms with E-state index in [-0.39, 0.29) is 16.3 Å². The van der Waals surface area contributed by atoms with Crippen molar-refractivity contribution in [2.24, 2.45) is 0 Å². The Kier molecular flexibility index (Phi) is 1.97. The lowest BCUT2D eigenvalue weighted by atomic mass is 10.2. The predicted molar refractivity (Wildman–Crippen MR) is 56.1 cm³/mol. The van der Waals surface area contributed by atoms with Crippen LogP contribution in [0.25, 0.3) is 0 Å². The van der Waals surface area contributed by atoms with Crippen LogP contribution < -0.4 is 11.1 Å². The smallest absolute Gasteiger partial charge is 0.242 e. The molecule has 80 valence electrons. The number of hydrogen-bond donors (Lipinski definition) is 2. The topological polar surface area (TPSA) is 89.3 Å². The summed E-state index contributed by atoms with van der Waals surface area (Å²) < 4.78 is 23.7. The van der Waals surface area contributed by atoms with E-state index in [1.54, 1.807) is 12.1 Å². The molecule has 0 radical (unpaired) electrons. The van der Waals surface area contributed by atoms with Gasteiger partial charge in [0, 0.05) is 0 Å². The lowest BCUT2D eigenvalue weighted by Gasteiger charge is -2.23. The van der Waals surface area contributed by atoms with Crippen LogP contribution in [0.1, 0.15) is 6.92 Å². The highest BCUT2D eigenvalue weighted by atomic mass is 32.2. The van der Waals surface area contributed by atoms with Gasteiger partial charge in [-0.3, -0.25) is 4.79 Å². The average Bonchev–Trinajstić information content (AvgIpc) is 2.17. The first-order valence-electron chi connectivity index (χ1n) is 4.38. The van der Waals surface area contributed by atoms with Crippen LogP contribution in [0.3, 0.4) is 0 Å². The van der Waals surface area contributed by atoms with Gasteiger partial charge in [0.25, 0.3) is 0 Å². The number of sulfone groups is 1. The van der Waals surface area contributed by atoms with Gasteiger partial charge in [-0.15, -0.1) is 0 Å². The third kappa shape index (κ3) is 1.29. The number of nitrogens with two attached hydrogens (primary N) is 1. The zero-order chi connectivity index (χ0) is 11.2. The molecule has 15 heavy (non-hydrogen) atoms. The molecule has 0 saturated carbocycles. The second-order valence-electron chi connectivity index (χ2n) is 3.40. The Labute approximate surface area is 87.2 Å². The highest BCUT2D eigenvalue weighted by molar-refractivity contribution is 7.93. The van der Waals surface area contributed by atoms with Crippen LogP contribution in [0, 0.1) is 0 Å². The van der Waals surface area contributed by atoms with Crippen LogP contribution >= 0.6 is 0 Å². The summed E-state index contributed by atoms with van der Waals surface area (Å²) >= 11 is 0. The van der Waals surface area contributed by atoms with Crippen molar-refractivity contribution in [2.75, 3.05) is 11.1 Å². The number of hydrogen-bond acceptors (Lipinski definition) is 4. The van der Waals surface area contributed by atoms with Crippen molar-refractivity contribution in [1.82, 2.24) is 0 Å². The maximum absolute atomic E-state index is 11.9. The van der Waals surface area contributed by atoms with Gasteiger partial charge in [0.05, 0.1) is 16.3 Å². The molecule has 1 aromatic rings. The number of nitrogens with one attached hydrogen (secondary N) is 1. The average molecular weight is 226 g/mol. The van der Waals surface area contributed by atoms with Crippen LogP contribution in [0.2, 0.25) is 0 Å². The normalized spacial score (nSPS) is 23.0. The number of para-hydroxylation sites is 1. The molecule has 6 heteroatoms. The van der Waals surface area contributed by atoms with E-state index in [0.717, 1.165) is 0 Å². The molecule has 1 atom stereocenters. The van der Waals surface area contributed by atoms with E-state index in [9.17, 15) is 13.2 Å². The minimum atomic E-state index is -3.58. The van der Waals surface area contributed by atoms with Gasteiger partial charge in [0.15, 0.2) is 9.84 Å². The van der Waals surface area contributed by atoms with Crippen LogP contribution in [0.5, 0.6) is 0 Å². The summed E-state index contributed by atoms with van der Waals surface area (Å²) in [6, 6.07) is 4.54. The first-order valence-corrected chi connectivity index (χ1v) is 5.92. The number of anilines is 2. The quantitative estimate of drug-likeness (QED) is 0.626. The third-order valence-corrected chi connectivity index (χ3v) is 4.55. The van der Waals surface area contributed by atoms with E-state index in [2.05, 4.69) is 5.32 Å². The molecule has 1 heterocycles. The Morgan fingerprint density at radius 2 is 2.07 bits per heavy atom. The van der Waals surface area contributed by atoms with Gasteiger partial charge in [-0.1, -0.05) is 6.07 Å². The van der Waals surface area contributed by atoms with Crippen molar-refractivity contribution >= 4 is 27.1 Å². The molecule has 1 unspecified atom stereocenters. The largest absolute Gasteiger partial charge is 0.397 e. The van der Waals surface area contributed by atoms with Crippen LogP contribution in [0.15, 0.2) is 23.1 Å². The fourth-order valence-electron chi connectivity index (χ4n) is 1.48. The minimum Gasteiger partial charge on any atom is -0.397 e. The number of nitrogen functional groups attached to an aromatic ring is 1. The minimum absolute atomic E-state index is 0.0922. The van der Waals surface area contributed by atoms with Crippen molar-refractivity contribution < 1.29 is 13.2 Å². The molecule has 0 aromatic heterocycles. The van der Waals surface area contributed by atoms with Gasteiger partial charge in [-0.05, 0) is 19.1 Å². The van der Waals surface area contributed by atoms with Crippen LogP contribution in [0.4, 0.5) is 11.4 Å². The summed E-state index contributed by atoms with van der Waals surface area (Å²) in [6.07, 6.45) is 0. The van der Waals surface area contributed by atoms with Gasteiger partial charge in [0.2, 0.25) is 5.91 Å². The summed E-state index contributed by atoms with van der Waals surface area (Å²) in [5.74, 6) is -0.541. The number of benzene rings is 1. The fraction of sp³-hybridized carbons (Fsp3) is 0.222. The predicted octanol–water partition coefficient (Wildman–Crippen LogP) is 0.383. The fourth-order valence-corrected chi connectivity index (χ4v) is 2.92. The van der Waals surface area contributed by atoms with E-state index in [4.69, 9.17) is 5.73 Å². The molecule has 5 nitrogen and oxygen atoms in total. The third-order valence-electron chi connectivity index (χ3n) is 2.45. The van der Waals surface area contributed by atoms with E-state index < -0.39 is 21.0 Å². The van der Waals surface area contributed by atoms with Gasteiger partial charge in [-0.2, -0.15) is 0 Å². The van der Waals surface area contributed by atoms with Crippen molar-refractivity contribution in [2.45, 2.75) is 17.1 Å². The van der Waals surface area contributed by atoms with Gasteiger partial charge >= 0.3 is 0 Å². The molecule has 2 rings (SSSR count). The monoisotopic (exact) mass is 226 g/mol. The molecule has 0 bridgehead atoms. The molecule has 1 aromatic carbocycles. The molecule has 0 aliphatic carbocycles. The van der Waals surface area contributed by atoms with E-state index >= 15 is 0 Å². The van der Waals surface area contributed by atoms with E-state index in [0.29, 0.717) is 0 Å². The zero-order valence-electron chi connectivity index (χ0n) is 8.02. The second-order valence-corrected chi connectivity index (χ2v) is 5.63. The molecule has 0 spiro atoms. The number of rotatable bonds is 0. The van der Waals surface area contributed by atoms with E-state index in [1.807, 2.05) is 0 Å². The van der Waals surface area contributed by atoms with Crippen molar-refractivity contribution in [3.8, 4) is 0 Å². The molecule has 0 saturated heterocycles. The van der Waals surface area contributed by atoms with Crippen molar-refractivity contribution in [3.63, 3.8) is 0 Å². The number of carbonyl (C=O) groups is 1. The first-order chi connectivity index (χ1) is 6.94. The Hall–Kier alpha value is -1.56. The Morgan fingerprint density at radius 1 is 1.40 bits per heavy atom. The van der Waals surface area contributed by atoms with E-state index in [1.165, 1.54) is 13.0 Å². The van der Waals surface area contributed by atoms with Crippen molar-refractivity contribution in [3.05, 3.63) is 18.2 Å².